The summed E-state index contributed by atoms with van der Waals surface area (Å²) in [5.74, 6) is 0.710. The van der Waals surface area contributed by atoms with Crippen LogP contribution in [0.4, 0.5) is 5.82 Å². The summed E-state index contributed by atoms with van der Waals surface area (Å²) in [7, 11) is 1.69. The minimum atomic E-state index is 0.0336. The maximum atomic E-state index is 12.5. The van der Waals surface area contributed by atoms with E-state index in [1.54, 1.807) is 19.4 Å². The minimum Gasteiger partial charge on any atom is -0.380 e. The Morgan fingerprint density at radius 2 is 2.47 bits per heavy atom. The van der Waals surface area contributed by atoms with Crippen LogP contribution in [0.3, 0.4) is 0 Å². The monoisotopic (exact) mass is 263 g/mol. The van der Waals surface area contributed by atoms with Crippen LogP contribution in [-0.2, 0) is 4.74 Å². The van der Waals surface area contributed by atoms with Gasteiger partial charge in [-0.05, 0) is 25.0 Å². The number of rotatable bonds is 5. The third-order valence-electron chi connectivity index (χ3n) is 3.35. The lowest BCUT2D eigenvalue weighted by molar-refractivity contribution is 0.0724. The highest BCUT2D eigenvalue weighted by atomic mass is 16.5. The first-order valence-corrected chi connectivity index (χ1v) is 6.77. The van der Waals surface area contributed by atoms with Gasteiger partial charge in [-0.3, -0.25) is 4.79 Å². The molecule has 1 unspecified atom stereocenters. The summed E-state index contributed by atoms with van der Waals surface area (Å²) < 4.78 is 5.30. The number of nitrogens with one attached hydrogen (secondary N) is 1. The van der Waals surface area contributed by atoms with Gasteiger partial charge in [0.1, 0.15) is 5.82 Å². The molecule has 1 aliphatic heterocycles. The molecule has 104 valence electrons. The van der Waals surface area contributed by atoms with Crippen LogP contribution in [-0.4, -0.2) is 48.6 Å². The fourth-order valence-electron chi connectivity index (χ4n) is 2.24. The van der Waals surface area contributed by atoms with Crippen molar-refractivity contribution in [3.63, 3.8) is 0 Å². The van der Waals surface area contributed by atoms with Crippen LogP contribution < -0.4 is 5.32 Å². The lowest BCUT2D eigenvalue weighted by atomic mass is 10.2. The summed E-state index contributed by atoms with van der Waals surface area (Å²) in [6.45, 7) is 4.32. The van der Waals surface area contributed by atoms with E-state index in [9.17, 15) is 4.79 Å². The second kappa shape index (κ2) is 6.52. The zero-order valence-corrected chi connectivity index (χ0v) is 11.6. The lowest BCUT2D eigenvalue weighted by Crippen LogP contribution is -2.30. The Labute approximate surface area is 114 Å². The Morgan fingerprint density at radius 3 is 3.16 bits per heavy atom. The number of anilines is 1. The van der Waals surface area contributed by atoms with Crippen molar-refractivity contribution >= 4 is 11.7 Å². The third-order valence-corrected chi connectivity index (χ3v) is 3.35. The topological polar surface area (TPSA) is 54.5 Å². The summed E-state index contributed by atoms with van der Waals surface area (Å²) in [4.78, 5) is 18.6. The Bertz CT molecular complexity index is 436. The van der Waals surface area contributed by atoms with E-state index in [0.29, 0.717) is 17.9 Å². The molecule has 2 rings (SSSR count). The van der Waals surface area contributed by atoms with Crippen molar-refractivity contribution in [1.82, 2.24) is 9.88 Å². The molecule has 0 saturated carbocycles. The van der Waals surface area contributed by atoms with Gasteiger partial charge >= 0.3 is 0 Å². The Hall–Kier alpha value is -1.62. The zero-order valence-electron chi connectivity index (χ0n) is 11.6. The van der Waals surface area contributed by atoms with E-state index < -0.39 is 0 Å². The highest BCUT2D eigenvalue weighted by Crippen LogP contribution is 2.19. The van der Waals surface area contributed by atoms with Gasteiger partial charge in [-0.15, -0.1) is 0 Å². The van der Waals surface area contributed by atoms with Gasteiger partial charge in [0.2, 0.25) is 0 Å². The van der Waals surface area contributed by atoms with Crippen LogP contribution in [0.25, 0.3) is 0 Å². The number of amides is 1. The maximum absolute atomic E-state index is 12.5. The fraction of sp³-hybridized carbons (Fsp3) is 0.571. The molecule has 1 aliphatic rings. The molecule has 0 aromatic carbocycles. The summed E-state index contributed by atoms with van der Waals surface area (Å²) in [5.41, 5.74) is 0.646. The van der Waals surface area contributed by atoms with Gasteiger partial charge in [0, 0.05) is 32.9 Å². The average molecular weight is 263 g/mol. The van der Waals surface area contributed by atoms with Crippen molar-refractivity contribution in [2.24, 2.45) is 0 Å². The summed E-state index contributed by atoms with van der Waals surface area (Å²) in [6, 6.07) is 3.63. The molecule has 0 aliphatic carbocycles. The number of pyridine rings is 1. The molecule has 0 bridgehead atoms. The highest BCUT2D eigenvalue weighted by molar-refractivity contribution is 5.98. The van der Waals surface area contributed by atoms with Crippen LogP contribution in [0.15, 0.2) is 18.3 Å². The van der Waals surface area contributed by atoms with Gasteiger partial charge in [0.25, 0.3) is 5.91 Å². The number of nitrogens with zero attached hydrogens (tertiary/aromatic N) is 2. The highest BCUT2D eigenvalue weighted by Gasteiger charge is 2.28. The summed E-state index contributed by atoms with van der Waals surface area (Å²) in [5, 5.41) is 3.20. The molecule has 1 aromatic rings. The van der Waals surface area contributed by atoms with Gasteiger partial charge in [0.15, 0.2) is 0 Å². The number of hydrogen-bond donors (Lipinski definition) is 1. The van der Waals surface area contributed by atoms with Crippen molar-refractivity contribution in [2.75, 3.05) is 32.1 Å². The molecule has 0 radical (unpaired) electrons. The van der Waals surface area contributed by atoms with Crippen molar-refractivity contribution in [1.29, 1.82) is 0 Å². The minimum absolute atomic E-state index is 0.0336. The fourth-order valence-corrected chi connectivity index (χ4v) is 2.24. The van der Waals surface area contributed by atoms with Crippen molar-refractivity contribution < 1.29 is 9.53 Å². The SMILES string of the molecule is CCCNc1ncccc1C(=O)N1CCC(OC)C1. The first-order valence-electron chi connectivity index (χ1n) is 6.77. The largest absolute Gasteiger partial charge is 0.380 e. The Kier molecular flexibility index (Phi) is 4.74. The standard InChI is InChI=1S/C14H21N3O2/c1-3-7-15-13-12(5-4-8-16-13)14(18)17-9-6-11(10-17)19-2/h4-5,8,11H,3,6-7,9-10H2,1-2H3,(H,15,16). The van der Waals surface area contributed by atoms with E-state index in [4.69, 9.17) is 4.74 Å². The second-order valence-corrected chi connectivity index (χ2v) is 4.72. The van der Waals surface area contributed by atoms with E-state index in [0.717, 1.165) is 25.9 Å². The zero-order chi connectivity index (χ0) is 13.7. The third kappa shape index (κ3) is 3.23. The summed E-state index contributed by atoms with van der Waals surface area (Å²) >= 11 is 0. The Morgan fingerprint density at radius 1 is 1.63 bits per heavy atom. The van der Waals surface area contributed by atoms with E-state index >= 15 is 0 Å². The molecular weight excluding hydrogens is 242 g/mol. The molecule has 5 heteroatoms. The molecule has 1 aromatic heterocycles. The van der Waals surface area contributed by atoms with Crippen LogP contribution >= 0.6 is 0 Å². The Balaban J connectivity index is 2.10. The lowest BCUT2D eigenvalue weighted by Gasteiger charge is -2.18. The molecule has 1 N–H and O–H groups in total. The molecule has 1 atom stereocenters. The number of hydrogen-bond acceptors (Lipinski definition) is 4. The van der Waals surface area contributed by atoms with Crippen molar-refractivity contribution in [2.45, 2.75) is 25.9 Å². The number of ether oxygens (including phenoxy) is 1. The van der Waals surface area contributed by atoms with Gasteiger partial charge in [-0.2, -0.15) is 0 Å². The predicted molar refractivity (Wildman–Crippen MR) is 74.3 cm³/mol. The van der Waals surface area contributed by atoms with Gasteiger partial charge in [0.05, 0.1) is 11.7 Å². The van der Waals surface area contributed by atoms with E-state index in [1.807, 2.05) is 11.0 Å². The molecule has 0 spiro atoms. The number of methoxy groups -OCH3 is 1. The van der Waals surface area contributed by atoms with E-state index in [-0.39, 0.29) is 12.0 Å². The predicted octanol–water partition coefficient (Wildman–Crippen LogP) is 1.76. The summed E-state index contributed by atoms with van der Waals surface area (Å²) in [6.07, 6.45) is 3.77. The molecule has 19 heavy (non-hydrogen) atoms. The van der Waals surface area contributed by atoms with Crippen LogP contribution in [0, 0.1) is 0 Å². The number of carbonyl (C=O) groups is 1. The van der Waals surface area contributed by atoms with Crippen LogP contribution in [0.2, 0.25) is 0 Å². The van der Waals surface area contributed by atoms with Crippen LogP contribution in [0.1, 0.15) is 30.1 Å². The maximum Gasteiger partial charge on any atom is 0.257 e. The number of likely N-dealkylation sites (tertiary alicyclic amines) is 1. The average Bonchev–Trinajstić information content (AvgIpc) is 2.93. The first-order chi connectivity index (χ1) is 9.26. The molecule has 1 saturated heterocycles. The molecule has 1 fully saturated rings. The van der Waals surface area contributed by atoms with Crippen LogP contribution in [0.5, 0.6) is 0 Å². The van der Waals surface area contributed by atoms with Crippen molar-refractivity contribution in [3.05, 3.63) is 23.9 Å². The van der Waals surface area contributed by atoms with Gasteiger partial charge in [-0.25, -0.2) is 4.98 Å². The molecular formula is C14H21N3O2. The van der Waals surface area contributed by atoms with E-state index in [2.05, 4.69) is 17.2 Å². The first kappa shape index (κ1) is 13.8. The normalized spacial score (nSPS) is 18.6. The van der Waals surface area contributed by atoms with Gasteiger partial charge < -0.3 is 15.0 Å². The van der Waals surface area contributed by atoms with E-state index in [1.165, 1.54) is 0 Å². The molecule has 1 amide bonds. The quantitative estimate of drug-likeness (QED) is 0.879. The second-order valence-electron chi connectivity index (χ2n) is 4.72. The van der Waals surface area contributed by atoms with Crippen molar-refractivity contribution in [3.8, 4) is 0 Å². The molecule has 5 nitrogen and oxygen atoms in total. The number of carbonyl (C=O) groups excluding carboxylic acids is 1. The smallest absolute Gasteiger partial charge is 0.257 e. The number of aromatic nitrogens is 1. The van der Waals surface area contributed by atoms with Gasteiger partial charge in [-0.1, -0.05) is 6.92 Å². The molecule has 2 heterocycles.